The maximum absolute atomic E-state index is 12.9. The number of nitrogens with two attached hydrogens (primary N) is 1. The molecule has 3 N–H and O–H groups in total. The molecule has 0 fully saturated rings. The second-order valence-electron chi connectivity index (χ2n) is 5.06. The van der Waals surface area contributed by atoms with Gasteiger partial charge in [0.2, 0.25) is 0 Å². The first kappa shape index (κ1) is 17.8. The Bertz CT molecular complexity index is 494. The van der Waals surface area contributed by atoms with Crippen molar-refractivity contribution in [2.75, 3.05) is 0 Å². The van der Waals surface area contributed by atoms with Crippen molar-refractivity contribution < 1.29 is 31.4 Å². The fraction of sp³-hybridized carbons (Fsp3) is 0.538. The number of halogens is 6. The first-order valence-electron chi connectivity index (χ1n) is 6.07. The standard InChI is InChI=1S/C13H15F6NO/c1-6(2)11(21)10(20)8-4-3-7(12(14,15)16)5-9(8)13(17,18)19/h3-6,10-11,21H,20H2,1-2H3/t10-,11+/m1/s1. The molecule has 1 aromatic carbocycles. The van der Waals surface area contributed by atoms with Crippen molar-refractivity contribution in [2.24, 2.45) is 11.7 Å². The first-order chi connectivity index (χ1) is 9.35. The van der Waals surface area contributed by atoms with E-state index in [1.807, 2.05) is 0 Å². The van der Waals surface area contributed by atoms with Gasteiger partial charge in [0.15, 0.2) is 0 Å². The van der Waals surface area contributed by atoms with Gasteiger partial charge in [-0.1, -0.05) is 19.9 Å². The third-order valence-corrected chi connectivity index (χ3v) is 3.10. The third-order valence-electron chi connectivity index (χ3n) is 3.10. The Labute approximate surface area is 117 Å². The molecule has 0 saturated heterocycles. The Hall–Kier alpha value is -1.28. The van der Waals surface area contributed by atoms with Gasteiger partial charge in [0, 0.05) is 0 Å². The van der Waals surface area contributed by atoms with E-state index in [-0.39, 0.29) is 6.07 Å². The molecule has 0 unspecified atom stereocenters. The van der Waals surface area contributed by atoms with Crippen molar-refractivity contribution in [1.29, 1.82) is 0 Å². The summed E-state index contributed by atoms with van der Waals surface area (Å²) in [4.78, 5) is 0. The lowest BCUT2D eigenvalue weighted by atomic mass is 9.90. The van der Waals surface area contributed by atoms with Crippen molar-refractivity contribution in [2.45, 2.75) is 38.3 Å². The van der Waals surface area contributed by atoms with E-state index in [1.54, 1.807) is 13.8 Å². The highest BCUT2D eigenvalue weighted by Gasteiger charge is 2.40. The quantitative estimate of drug-likeness (QED) is 0.835. The summed E-state index contributed by atoms with van der Waals surface area (Å²) in [6.45, 7) is 3.09. The smallest absolute Gasteiger partial charge is 0.391 e. The molecule has 0 heterocycles. The maximum atomic E-state index is 12.9. The molecule has 21 heavy (non-hydrogen) atoms. The molecule has 1 aromatic rings. The van der Waals surface area contributed by atoms with Crippen molar-refractivity contribution in [1.82, 2.24) is 0 Å². The second kappa shape index (κ2) is 5.84. The highest BCUT2D eigenvalue weighted by atomic mass is 19.4. The minimum atomic E-state index is -5.00. The van der Waals surface area contributed by atoms with Gasteiger partial charge in [0.1, 0.15) is 0 Å². The topological polar surface area (TPSA) is 46.2 Å². The van der Waals surface area contributed by atoms with Gasteiger partial charge in [-0.15, -0.1) is 0 Å². The predicted molar refractivity (Wildman–Crippen MR) is 64.2 cm³/mol. The molecule has 0 saturated carbocycles. The van der Waals surface area contributed by atoms with Gasteiger partial charge >= 0.3 is 12.4 Å². The number of aliphatic hydroxyl groups excluding tert-OH is 1. The Morgan fingerprint density at radius 2 is 1.52 bits per heavy atom. The Balaban J connectivity index is 3.40. The molecule has 0 amide bonds. The molecule has 2 nitrogen and oxygen atoms in total. The van der Waals surface area contributed by atoms with Crippen LogP contribution in [0.15, 0.2) is 18.2 Å². The summed E-state index contributed by atoms with van der Waals surface area (Å²) in [7, 11) is 0. The van der Waals surface area contributed by atoms with E-state index in [2.05, 4.69) is 0 Å². The summed E-state index contributed by atoms with van der Waals surface area (Å²) in [6, 6.07) is -0.217. The number of aliphatic hydroxyl groups is 1. The predicted octanol–water partition coefficient (Wildman–Crippen LogP) is 3.74. The molecular formula is C13H15F6NO. The van der Waals surface area contributed by atoms with Gasteiger partial charge in [-0.05, 0) is 23.6 Å². The van der Waals surface area contributed by atoms with E-state index in [4.69, 9.17) is 5.73 Å². The molecule has 8 heteroatoms. The monoisotopic (exact) mass is 315 g/mol. The van der Waals surface area contributed by atoms with Crippen molar-refractivity contribution in [3.63, 3.8) is 0 Å². The molecule has 120 valence electrons. The van der Waals surface area contributed by atoms with Crippen LogP contribution in [0.4, 0.5) is 26.3 Å². The third kappa shape index (κ3) is 4.10. The molecule has 0 aromatic heterocycles. The number of hydrogen-bond donors (Lipinski definition) is 2. The normalized spacial score (nSPS) is 16.1. The van der Waals surface area contributed by atoms with Crippen molar-refractivity contribution >= 4 is 0 Å². The van der Waals surface area contributed by atoms with E-state index in [0.29, 0.717) is 12.1 Å². The van der Waals surface area contributed by atoms with Crippen LogP contribution < -0.4 is 5.73 Å². The molecule has 0 aliphatic heterocycles. The van der Waals surface area contributed by atoms with Crippen molar-refractivity contribution in [3.05, 3.63) is 34.9 Å². The summed E-state index contributed by atoms with van der Waals surface area (Å²) < 4.78 is 76.4. The molecule has 1 rings (SSSR count). The van der Waals surface area contributed by atoms with Gasteiger partial charge in [-0.25, -0.2) is 0 Å². The van der Waals surface area contributed by atoms with E-state index in [1.165, 1.54) is 0 Å². The number of rotatable bonds is 3. The number of hydrogen-bond acceptors (Lipinski definition) is 2. The summed E-state index contributed by atoms with van der Waals surface area (Å²) >= 11 is 0. The Morgan fingerprint density at radius 3 is 1.90 bits per heavy atom. The van der Waals surface area contributed by atoms with Crippen LogP contribution >= 0.6 is 0 Å². The van der Waals surface area contributed by atoms with Crippen molar-refractivity contribution in [3.8, 4) is 0 Å². The Kier molecular flexibility index (Phi) is 4.94. The van der Waals surface area contributed by atoms with Crippen LogP contribution in [0, 0.1) is 5.92 Å². The fourth-order valence-electron chi connectivity index (χ4n) is 1.87. The number of benzene rings is 1. The zero-order valence-electron chi connectivity index (χ0n) is 11.3. The van der Waals surface area contributed by atoms with E-state index < -0.39 is 47.1 Å². The van der Waals surface area contributed by atoms with Gasteiger partial charge in [-0.3, -0.25) is 0 Å². The second-order valence-corrected chi connectivity index (χ2v) is 5.06. The lowest BCUT2D eigenvalue weighted by molar-refractivity contribution is -0.143. The fourth-order valence-corrected chi connectivity index (χ4v) is 1.87. The molecular weight excluding hydrogens is 300 g/mol. The van der Waals surface area contributed by atoms with Gasteiger partial charge in [0.05, 0.1) is 23.3 Å². The summed E-state index contributed by atoms with van der Waals surface area (Å²) in [5, 5.41) is 9.75. The minimum Gasteiger partial charge on any atom is -0.391 e. The van der Waals surface area contributed by atoms with Gasteiger partial charge < -0.3 is 10.8 Å². The van der Waals surface area contributed by atoms with Crippen LogP contribution in [0.2, 0.25) is 0 Å². The maximum Gasteiger partial charge on any atom is 0.416 e. The molecule has 0 radical (unpaired) electrons. The average molecular weight is 315 g/mol. The lowest BCUT2D eigenvalue weighted by Crippen LogP contribution is -2.32. The van der Waals surface area contributed by atoms with Crippen LogP contribution in [0.25, 0.3) is 0 Å². The van der Waals surface area contributed by atoms with Gasteiger partial charge in [-0.2, -0.15) is 26.3 Å². The summed E-state index contributed by atoms with van der Waals surface area (Å²) in [5.41, 5.74) is 2.11. The van der Waals surface area contributed by atoms with Crippen LogP contribution in [0.1, 0.15) is 36.6 Å². The molecule has 0 aliphatic rings. The zero-order chi connectivity index (χ0) is 16.6. The van der Waals surface area contributed by atoms with Crippen LogP contribution in [0.5, 0.6) is 0 Å². The lowest BCUT2D eigenvalue weighted by Gasteiger charge is -2.26. The van der Waals surface area contributed by atoms with Gasteiger partial charge in [0.25, 0.3) is 0 Å². The molecule has 0 spiro atoms. The highest BCUT2D eigenvalue weighted by molar-refractivity contribution is 5.38. The summed E-state index contributed by atoms with van der Waals surface area (Å²) in [5.74, 6) is -0.441. The van der Waals surface area contributed by atoms with E-state index in [9.17, 15) is 31.4 Å². The van der Waals surface area contributed by atoms with E-state index >= 15 is 0 Å². The Morgan fingerprint density at radius 1 is 1.00 bits per heavy atom. The highest BCUT2D eigenvalue weighted by Crippen LogP contribution is 2.39. The van der Waals surface area contributed by atoms with Crippen LogP contribution in [-0.4, -0.2) is 11.2 Å². The first-order valence-corrected chi connectivity index (χ1v) is 6.07. The number of alkyl halides is 6. The molecule has 0 aliphatic carbocycles. The van der Waals surface area contributed by atoms with E-state index in [0.717, 1.165) is 0 Å². The minimum absolute atomic E-state index is 0.0161. The average Bonchev–Trinajstić information content (AvgIpc) is 2.34. The zero-order valence-corrected chi connectivity index (χ0v) is 11.3. The summed E-state index contributed by atoms with van der Waals surface area (Å²) in [6.07, 6.45) is -11.2. The molecule has 2 atom stereocenters. The SMILES string of the molecule is CC(C)[C@H](O)[C@H](N)c1ccc(C(F)(F)F)cc1C(F)(F)F. The van der Waals surface area contributed by atoms with Crippen LogP contribution in [0.3, 0.4) is 0 Å². The largest absolute Gasteiger partial charge is 0.416 e. The molecule has 0 bridgehead atoms. The van der Waals surface area contributed by atoms with Crippen LogP contribution in [-0.2, 0) is 12.4 Å².